The van der Waals surface area contributed by atoms with Gasteiger partial charge in [0, 0.05) is 40.4 Å². The van der Waals surface area contributed by atoms with Gasteiger partial charge in [0.25, 0.3) is 0 Å². The third-order valence-corrected chi connectivity index (χ3v) is 6.15. The molecule has 150 valence electrons. The number of hydrogen-bond donors (Lipinski definition) is 1. The van der Waals surface area contributed by atoms with Crippen LogP contribution in [-0.2, 0) is 11.4 Å². The third-order valence-electron chi connectivity index (χ3n) is 5.44. The van der Waals surface area contributed by atoms with Crippen molar-refractivity contribution in [3.05, 3.63) is 76.0 Å². The smallest absolute Gasteiger partial charge is 0.173 e. The van der Waals surface area contributed by atoms with Gasteiger partial charge in [0.2, 0.25) is 0 Å². The number of benzene rings is 2. The van der Waals surface area contributed by atoms with Gasteiger partial charge in [-0.25, -0.2) is 0 Å². The van der Waals surface area contributed by atoms with Gasteiger partial charge in [0.15, 0.2) is 10.9 Å². The average Bonchev–Trinajstić information content (AvgIpc) is 2.73. The summed E-state index contributed by atoms with van der Waals surface area (Å²) in [6.07, 6.45) is 2.31. The molecule has 1 N–H and O–H groups in total. The second-order valence-corrected chi connectivity index (χ2v) is 7.98. The Morgan fingerprint density at radius 3 is 2.72 bits per heavy atom. The van der Waals surface area contributed by atoms with Crippen LogP contribution in [0.3, 0.4) is 0 Å². The van der Waals surface area contributed by atoms with Crippen LogP contribution >= 0.6 is 23.8 Å². The lowest BCUT2D eigenvalue weighted by molar-refractivity contribution is -0.116. The first-order chi connectivity index (χ1) is 14.1. The minimum Gasteiger partial charge on any atom is -0.488 e. The highest BCUT2D eigenvalue weighted by Gasteiger charge is 2.37. The number of carbonyl (C=O) groups excluding carboxylic acids is 1. The first-order valence-corrected chi connectivity index (χ1v) is 10.7. The van der Waals surface area contributed by atoms with Crippen molar-refractivity contribution in [2.45, 2.75) is 38.8 Å². The Morgan fingerprint density at radius 1 is 1.17 bits per heavy atom. The predicted octanol–water partition coefficient (Wildman–Crippen LogP) is 5.18. The second kappa shape index (κ2) is 8.56. The van der Waals surface area contributed by atoms with Crippen molar-refractivity contribution in [1.29, 1.82) is 0 Å². The minimum absolute atomic E-state index is 0.186. The molecule has 0 radical (unpaired) electrons. The number of rotatable bonds is 5. The molecule has 29 heavy (non-hydrogen) atoms. The molecular weight excluding hydrogens is 404 g/mol. The Hall–Kier alpha value is -2.37. The molecule has 4 nitrogen and oxygen atoms in total. The van der Waals surface area contributed by atoms with Crippen LogP contribution in [0.5, 0.6) is 5.75 Å². The van der Waals surface area contributed by atoms with Gasteiger partial charge in [-0.2, -0.15) is 0 Å². The molecule has 1 aliphatic carbocycles. The van der Waals surface area contributed by atoms with Crippen molar-refractivity contribution in [3.63, 3.8) is 0 Å². The molecule has 0 saturated heterocycles. The van der Waals surface area contributed by atoms with E-state index in [2.05, 4.69) is 12.2 Å². The van der Waals surface area contributed by atoms with E-state index in [-0.39, 0.29) is 11.8 Å². The highest BCUT2D eigenvalue weighted by molar-refractivity contribution is 7.80. The Kier molecular flexibility index (Phi) is 5.88. The van der Waals surface area contributed by atoms with E-state index in [4.69, 9.17) is 28.6 Å². The Bertz CT molecular complexity index is 988. The predicted molar refractivity (Wildman–Crippen MR) is 119 cm³/mol. The van der Waals surface area contributed by atoms with Gasteiger partial charge in [-0.1, -0.05) is 48.0 Å². The van der Waals surface area contributed by atoms with Crippen LogP contribution in [0.1, 0.15) is 43.4 Å². The van der Waals surface area contributed by atoms with Gasteiger partial charge >= 0.3 is 0 Å². The Labute approximate surface area is 181 Å². The molecule has 6 heteroatoms. The summed E-state index contributed by atoms with van der Waals surface area (Å²) in [5, 5.41) is 4.72. The normalized spacial score (nSPS) is 19.1. The zero-order valence-electron chi connectivity index (χ0n) is 16.3. The number of nitrogens with zero attached hydrogens (tertiary/aromatic N) is 1. The standard InChI is InChI=1S/C23H23ClN2O2S/c1-2-26-18-11-7-12-19(27)21(18)22(25-23(26)29)16-9-4-6-13-20(16)28-14-15-8-3-5-10-17(15)24/h3-6,8-10,13,22H,2,7,11-12,14H2,1H3,(H,25,29). The number of nitrogens with one attached hydrogen (secondary N) is 1. The third kappa shape index (κ3) is 3.89. The lowest BCUT2D eigenvalue weighted by Crippen LogP contribution is -2.49. The summed E-state index contributed by atoms with van der Waals surface area (Å²) >= 11 is 11.9. The summed E-state index contributed by atoms with van der Waals surface area (Å²) in [4.78, 5) is 14.9. The molecule has 1 heterocycles. The summed E-state index contributed by atoms with van der Waals surface area (Å²) in [5.41, 5.74) is 3.71. The van der Waals surface area contributed by atoms with Crippen molar-refractivity contribution in [3.8, 4) is 5.75 Å². The van der Waals surface area contributed by atoms with Crippen molar-refractivity contribution in [1.82, 2.24) is 10.2 Å². The Balaban J connectivity index is 1.70. The summed E-state index contributed by atoms with van der Waals surface area (Å²) in [5.74, 6) is 0.911. The molecule has 1 unspecified atom stereocenters. The number of ketones is 1. The van der Waals surface area contributed by atoms with Crippen LogP contribution in [0.25, 0.3) is 0 Å². The van der Waals surface area contributed by atoms with Gasteiger partial charge in [-0.05, 0) is 44.1 Å². The first kappa shape index (κ1) is 19.9. The number of carbonyl (C=O) groups is 1. The molecule has 4 rings (SSSR count). The van der Waals surface area contributed by atoms with Crippen molar-refractivity contribution >= 4 is 34.7 Å². The average molecular weight is 427 g/mol. The van der Waals surface area contributed by atoms with Gasteiger partial charge in [-0.3, -0.25) is 4.79 Å². The van der Waals surface area contributed by atoms with E-state index in [1.54, 1.807) is 0 Å². The molecule has 2 aromatic carbocycles. The summed E-state index contributed by atoms with van der Waals surface area (Å²) in [7, 11) is 0. The molecule has 0 spiro atoms. The van der Waals surface area contributed by atoms with Crippen LogP contribution in [0.15, 0.2) is 59.8 Å². The first-order valence-electron chi connectivity index (χ1n) is 9.89. The fourth-order valence-electron chi connectivity index (χ4n) is 4.04. The van der Waals surface area contributed by atoms with E-state index in [1.807, 2.05) is 53.4 Å². The molecule has 0 aromatic heterocycles. The Morgan fingerprint density at radius 2 is 1.93 bits per heavy atom. The quantitative estimate of drug-likeness (QED) is 0.667. The van der Waals surface area contributed by atoms with Crippen LogP contribution in [0.2, 0.25) is 5.02 Å². The number of ether oxygens (including phenoxy) is 1. The van der Waals surface area contributed by atoms with Gasteiger partial charge in [-0.15, -0.1) is 0 Å². The fraction of sp³-hybridized carbons (Fsp3) is 0.304. The molecule has 0 fully saturated rings. The van der Waals surface area contributed by atoms with Crippen LogP contribution in [0.4, 0.5) is 0 Å². The maximum atomic E-state index is 12.9. The lowest BCUT2D eigenvalue weighted by atomic mass is 9.84. The molecule has 1 atom stereocenters. The molecule has 1 aliphatic heterocycles. The molecule has 2 aromatic rings. The summed E-state index contributed by atoms with van der Waals surface area (Å²) in [6, 6.07) is 15.2. The number of allylic oxidation sites excluding steroid dienone is 1. The largest absolute Gasteiger partial charge is 0.488 e. The monoisotopic (exact) mass is 426 g/mol. The topological polar surface area (TPSA) is 41.6 Å². The van der Waals surface area contributed by atoms with Gasteiger partial charge in [0.1, 0.15) is 12.4 Å². The van der Waals surface area contributed by atoms with E-state index in [1.165, 1.54) is 0 Å². The lowest BCUT2D eigenvalue weighted by Gasteiger charge is -2.40. The maximum Gasteiger partial charge on any atom is 0.173 e. The zero-order valence-corrected chi connectivity index (χ0v) is 17.9. The highest BCUT2D eigenvalue weighted by atomic mass is 35.5. The van der Waals surface area contributed by atoms with Crippen LogP contribution in [-0.4, -0.2) is 22.3 Å². The van der Waals surface area contributed by atoms with Crippen molar-refractivity contribution in [2.75, 3.05) is 6.54 Å². The fourth-order valence-corrected chi connectivity index (χ4v) is 4.59. The molecule has 0 bridgehead atoms. The van der Waals surface area contributed by atoms with Crippen LogP contribution in [0, 0.1) is 0 Å². The number of halogens is 1. The minimum atomic E-state index is -0.296. The number of Topliss-reactive ketones (excluding diaryl/α,β-unsaturated/α-hetero) is 1. The van der Waals surface area contributed by atoms with Gasteiger partial charge < -0.3 is 15.0 Å². The number of hydrogen-bond acceptors (Lipinski definition) is 3. The SMILES string of the molecule is CCN1C(=S)NC(c2ccccc2OCc2ccccc2Cl)C2=C1CCCC2=O. The zero-order chi connectivity index (χ0) is 20.4. The maximum absolute atomic E-state index is 12.9. The molecule has 0 amide bonds. The van der Waals surface area contributed by atoms with Gasteiger partial charge in [0.05, 0.1) is 6.04 Å². The summed E-state index contributed by atoms with van der Waals surface area (Å²) in [6.45, 7) is 3.16. The number of thiocarbonyl (C=S) groups is 1. The summed E-state index contributed by atoms with van der Waals surface area (Å²) < 4.78 is 6.15. The molecular formula is C23H23ClN2O2S. The number of para-hydroxylation sites is 1. The van der Waals surface area contributed by atoms with Crippen molar-refractivity contribution < 1.29 is 9.53 Å². The van der Waals surface area contributed by atoms with E-state index < -0.39 is 0 Å². The van der Waals surface area contributed by atoms with E-state index in [0.717, 1.165) is 47.5 Å². The molecule has 2 aliphatic rings. The van der Waals surface area contributed by atoms with E-state index >= 15 is 0 Å². The molecule has 0 saturated carbocycles. The van der Waals surface area contributed by atoms with E-state index in [0.29, 0.717) is 23.2 Å². The van der Waals surface area contributed by atoms with Crippen molar-refractivity contribution in [2.24, 2.45) is 0 Å². The van der Waals surface area contributed by atoms with E-state index in [9.17, 15) is 4.79 Å². The van der Waals surface area contributed by atoms with Crippen LogP contribution < -0.4 is 10.1 Å². The highest BCUT2D eigenvalue weighted by Crippen LogP contribution is 2.40. The second-order valence-electron chi connectivity index (χ2n) is 7.18.